The summed E-state index contributed by atoms with van der Waals surface area (Å²) in [5.41, 5.74) is -1.95. The summed E-state index contributed by atoms with van der Waals surface area (Å²) in [6.07, 6.45) is -2.79. The largest absolute Gasteiger partial charge is 0.481 e. The Kier molecular flexibility index (Phi) is 5.41. The average molecular weight is 220 g/mol. The molecule has 0 rings (SSSR count). The fourth-order valence-electron chi connectivity index (χ4n) is 1.29. The highest BCUT2D eigenvalue weighted by molar-refractivity contribution is 5.76. The number of rotatable bonds is 7. The van der Waals surface area contributed by atoms with Crippen molar-refractivity contribution < 1.29 is 30.0 Å². The van der Waals surface area contributed by atoms with Gasteiger partial charge < -0.3 is 20.4 Å². The van der Waals surface area contributed by atoms with Crippen LogP contribution in [0.5, 0.6) is 0 Å². The maximum atomic E-state index is 10.7. The second-order valence-corrected chi connectivity index (χ2v) is 3.57. The lowest BCUT2D eigenvalue weighted by Gasteiger charge is -2.30. The molecule has 0 aliphatic carbocycles. The number of aliphatic hydroxyl groups excluding tert-OH is 2. The summed E-state index contributed by atoms with van der Waals surface area (Å²) in [5, 5.41) is 36.4. The highest BCUT2D eigenvalue weighted by Gasteiger charge is 2.37. The zero-order valence-corrected chi connectivity index (χ0v) is 8.51. The molecular formula is C9H16O6. The van der Waals surface area contributed by atoms with Crippen molar-refractivity contribution in [3.05, 3.63) is 0 Å². The van der Waals surface area contributed by atoms with Gasteiger partial charge in [0.1, 0.15) is 11.4 Å². The minimum Gasteiger partial charge on any atom is -0.481 e. The van der Waals surface area contributed by atoms with Crippen molar-refractivity contribution in [3.63, 3.8) is 0 Å². The second-order valence-electron chi connectivity index (χ2n) is 3.57. The first-order valence-corrected chi connectivity index (χ1v) is 4.54. The molecule has 0 unspecified atom stereocenters. The Morgan fingerprint density at radius 1 is 1.40 bits per heavy atom. The number of aliphatic hydroxyl groups is 3. The van der Waals surface area contributed by atoms with Gasteiger partial charge in [0.2, 0.25) is 0 Å². The van der Waals surface area contributed by atoms with Crippen molar-refractivity contribution in [2.45, 2.75) is 37.9 Å². The highest BCUT2D eigenvalue weighted by atomic mass is 16.4. The molecule has 0 amide bonds. The minimum absolute atomic E-state index is 0.284. The van der Waals surface area contributed by atoms with E-state index in [1.54, 1.807) is 0 Å². The zero-order valence-electron chi connectivity index (χ0n) is 8.51. The van der Waals surface area contributed by atoms with Gasteiger partial charge in [-0.3, -0.25) is 9.59 Å². The molecule has 2 atom stereocenters. The molecule has 0 aliphatic heterocycles. The van der Waals surface area contributed by atoms with Gasteiger partial charge >= 0.3 is 5.97 Å². The molecule has 0 radical (unpaired) electrons. The molecule has 88 valence electrons. The third kappa shape index (κ3) is 4.87. The van der Waals surface area contributed by atoms with Gasteiger partial charge in [0.25, 0.3) is 0 Å². The van der Waals surface area contributed by atoms with Crippen molar-refractivity contribution in [2.75, 3.05) is 6.61 Å². The number of ketones is 1. The van der Waals surface area contributed by atoms with Crippen LogP contribution in [0.2, 0.25) is 0 Å². The summed E-state index contributed by atoms with van der Waals surface area (Å²) < 4.78 is 0. The Morgan fingerprint density at radius 2 is 1.93 bits per heavy atom. The van der Waals surface area contributed by atoms with Gasteiger partial charge in [0, 0.05) is 19.4 Å². The molecular weight excluding hydrogens is 204 g/mol. The van der Waals surface area contributed by atoms with Crippen LogP contribution in [0.25, 0.3) is 0 Å². The predicted molar refractivity (Wildman–Crippen MR) is 50.2 cm³/mol. The minimum atomic E-state index is -1.95. The molecule has 0 aliphatic rings. The smallest absolute Gasteiger partial charge is 0.306 e. The fraction of sp³-hybridized carbons (Fsp3) is 0.778. The molecule has 0 heterocycles. The zero-order chi connectivity index (χ0) is 12.1. The summed E-state index contributed by atoms with van der Waals surface area (Å²) in [6.45, 7) is 0.766. The van der Waals surface area contributed by atoms with Crippen LogP contribution >= 0.6 is 0 Å². The number of carbonyl (C=O) groups excluding carboxylic acids is 1. The molecule has 4 N–H and O–H groups in total. The van der Waals surface area contributed by atoms with Crippen LogP contribution in [0.1, 0.15) is 26.2 Å². The standard InChI is InChI=1S/C9H16O6/c1-6(11)4-7(12)9(15,2-3-10)5-8(13)14/h7,10,12,15H,2-5H2,1H3,(H,13,14)/t7-,9-/m1/s1. The van der Waals surface area contributed by atoms with Crippen LogP contribution in [0, 0.1) is 0 Å². The molecule has 6 nitrogen and oxygen atoms in total. The molecule has 0 fully saturated rings. The molecule has 0 aromatic heterocycles. The van der Waals surface area contributed by atoms with Gasteiger partial charge in [-0.25, -0.2) is 0 Å². The van der Waals surface area contributed by atoms with E-state index in [0.717, 1.165) is 0 Å². The topological polar surface area (TPSA) is 115 Å². The number of Topliss-reactive ketones (excluding diaryl/α,β-unsaturated/α-hetero) is 1. The van der Waals surface area contributed by atoms with Crippen molar-refractivity contribution in [3.8, 4) is 0 Å². The van der Waals surface area contributed by atoms with Crippen LogP contribution in [0.4, 0.5) is 0 Å². The van der Waals surface area contributed by atoms with Crippen molar-refractivity contribution in [2.24, 2.45) is 0 Å². The lowest BCUT2D eigenvalue weighted by molar-refractivity contribution is -0.153. The van der Waals surface area contributed by atoms with Crippen LogP contribution in [-0.2, 0) is 9.59 Å². The molecule has 0 spiro atoms. The van der Waals surface area contributed by atoms with Gasteiger partial charge in [0.15, 0.2) is 0 Å². The van der Waals surface area contributed by atoms with Crippen molar-refractivity contribution >= 4 is 11.8 Å². The van der Waals surface area contributed by atoms with Gasteiger partial charge in [-0.15, -0.1) is 0 Å². The average Bonchev–Trinajstić information content (AvgIpc) is 2.01. The van der Waals surface area contributed by atoms with E-state index < -0.39 is 30.7 Å². The first kappa shape index (κ1) is 14.0. The summed E-state index contributed by atoms with van der Waals surface area (Å²) in [4.78, 5) is 21.2. The van der Waals surface area contributed by atoms with Crippen molar-refractivity contribution in [1.82, 2.24) is 0 Å². The molecule has 0 saturated carbocycles. The van der Waals surface area contributed by atoms with E-state index in [4.69, 9.17) is 10.2 Å². The van der Waals surface area contributed by atoms with E-state index in [2.05, 4.69) is 0 Å². The summed E-state index contributed by atoms with van der Waals surface area (Å²) in [6, 6.07) is 0. The number of aliphatic carboxylic acids is 1. The van der Waals surface area contributed by atoms with Gasteiger partial charge in [-0.1, -0.05) is 0 Å². The Hall–Kier alpha value is -0.980. The number of hydrogen-bond acceptors (Lipinski definition) is 5. The van der Waals surface area contributed by atoms with E-state index in [1.165, 1.54) is 6.92 Å². The van der Waals surface area contributed by atoms with E-state index in [1.807, 2.05) is 0 Å². The van der Waals surface area contributed by atoms with Crippen LogP contribution in [-0.4, -0.2) is 50.5 Å². The Morgan fingerprint density at radius 3 is 2.27 bits per heavy atom. The second kappa shape index (κ2) is 5.79. The van der Waals surface area contributed by atoms with Crippen LogP contribution in [0.15, 0.2) is 0 Å². The molecule has 0 saturated heterocycles. The number of hydrogen-bond donors (Lipinski definition) is 4. The number of carbonyl (C=O) groups is 2. The Labute approximate surface area is 87.2 Å². The summed E-state index contributed by atoms with van der Waals surface area (Å²) in [5.74, 6) is -1.65. The first-order chi connectivity index (χ1) is 6.81. The van der Waals surface area contributed by atoms with E-state index in [9.17, 15) is 19.8 Å². The van der Waals surface area contributed by atoms with Crippen LogP contribution < -0.4 is 0 Å². The van der Waals surface area contributed by atoms with E-state index in [-0.39, 0.29) is 18.6 Å². The maximum Gasteiger partial charge on any atom is 0.306 e. The van der Waals surface area contributed by atoms with Gasteiger partial charge in [-0.05, 0) is 6.92 Å². The van der Waals surface area contributed by atoms with Gasteiger partial charge in [0.05, 0.1) is 12.5 Å². The molecule has 0 aromatic carbocycles. The number of carboxylic acid groups (broad SMARTS) is 1. The predicted octanol–water partition coefficient (Wildman–Crippen LogP) is -1.09. The molecule has 15 heavy (non-hydrogen) atoms. The molecule has 6 heteroatoms. The molecule has 0 bridgehead atoms. The third-order valence-electron chi connectivity index (χ3n) is 2.10. The monoisotopic (exact) mass is 220 g/mol. The SMILES string of the molecule is CC(=O)C[C@@H](O)[C@@](O)(CCO)CC(=O)O. The lowest BCUT2D eigenvalue weighted by Crippen LogP contribution is -2.45. The Bertz CT molecular complexity index is 239. The Balaban J connectivity index is 4.59. The van der Waals surface area contributed by atoms with E-state index in [0.29, 0.717) is 0 Å². The third-order valence-corrected chi connectivity index (χ3v) is 2.10. The van der Waals surface area contributed by atoms with E-state index >= 15 is 0 Å². The summed E-state index contributed by atoms with van der Waals surface area (Å²) >= 11 is 0. The first-order valence-electron chi connectivity index (χ1n) is 4.54. The maximum absolute atomic E-state index is 10.7. The normalized spacial score (nSPS) is 16.8. The quantitative estimate of drug-likeness (QED) is 0.433. The highest BCUT2D eigenvalue weighted by Crippen LogP contribution is 2.22. The number of carboxylic acids is 1. The fourth-order valence-corrected chi connectivity index (χ4v) is 1.29. The molecule has 0 aromatic rings. The van der Waals surface area contributed by atoms with Gasteiger partial charge in [-0.2, -0.15) is 0 Å². The van der Waals surface area contributed by atoms with Crippen LogP contribution in [0.3, 0.4) is 0 Å². The lowest BCUT2D eigenvalue weighted by atomic mass is 9.87. The summed E-state index contributed by atoms with van der Waals surface area (Å²) in [7, 11) is 0. The van der Waals surface area contributed by atoms with Crippen molar-refractivity contribution in [1.29, 1.82) is 0 Å².